The molecule has 1 unspecified atom stereocenters. The minimum atomic E-state index is -0.888. The molecule has 0 aliphatic carbocycles. The number of hydrogen-bond acceptors (Lipinski definition) is 3. The van der Waals surface area contributed by atoms with Crippen LogP contribution in [0.2, 0.25) is 0 Å². The molecule has 1 atom stereocenters. The highest BCUT2D eigenvalue weighted by molar-refractivity contribution is 5.69. The standard InChI is InChI=1S/C10H17NO4/c1-2-15-9(12)6-5-8-4-3-7-11(8)10(13)14/h8H,2-7H2,1H3,(H,13,14). The largest absolute Gasteiger partial charge is 0.466 e. The maximum absolute atomic E-state index is 11.1. The molecule has 0 saturated carbocycles. The fourth-order valence-electron chi connectivity index (χ4n) is 1.91. The van der Waals surface area contributed by atoms with Gasteiger partial charge in [0.25, 0.3) is 0 Å². The molecule has 0 aromatic rings. The third-order valence-electron chi connectivity index (χ3n) is 2.61. The second-order valence-electron chi connectivity index (χ2n) is 3.62. The van der Waals surface area contributed by atoms with Crippen LogP contribution >= 0.6 is 0 Å². The molecule has 0 aromatic heterocycles. The van der Waals surface area contributed by atoms with E-state index in [1.165, 1.54) is 4.90 Å². The molecule has 86 valence electrons. The van der Waals surface area contributed by atoms with E-state index in [4.69, 9.17) is 9.84 Å². The van der Waals surface area contributed by atoms with Crippen LogP contribution in [0.5, 0.6) is 0 Å². The van der Waals surface area contributed by atoms with Gasteiger partial charge in [-0.15, -0.1) is 0 Å². The molecule has 1 amide bonds. The molecular weight excluding hydrogens is 198 g/mol. The Morgan fingerprint density at radius 2 is 2.27 bits per heavy atom. The Balaban J connectivity index is 2.31. The van der Waals surface area contributed by atoms with Crippen molar-refractivity contribution < 1.29 is 19.4 Å². The van der Waals surface area contributed by atoms with Crippen molar-refractivity contribution in [3.05, 3.63) is 0 Å². The lowest BCUT2D eigenvalue weighted by Gasteiger charge is -2.20. The van der Waals surface area contributed by atoms with Gasteiger partial charge >= 0.3 is 12.1 Å². The average Bonchev–Trinajstić information content (AvgIpc) is 2.63. The Labute approximate surface area is 89.0 Å². The van der Waals surface area contributed by atoms with Gasteiger partial charge in [-0.1, -0.05) is 0 Å². The summed E-state index contributed by atoms with van der Waals surface area (Å²) in [5.74, 6) is -0.241. The lowest BCUT2D eigenvalue weighted by molar-refractivity contribution is -0.143. The van der Waals surface area contributed by atoms with Gasteiger partial charge in [0.2, 0.25) is 0 Å². The predicted molar refractivity (Wildman–Crippen MR) is 53.6 cm³/mol. The number of esters is 1. The topological polar surface area (TPSA) is 66.8 Å². The highest BCUT2D eigenvalue weighted by atomic mass is 16.5. The average molecular weight is 215 g/mol. The third-order valence-corrected chi connectivity index (χ3v) is 2.61. The smallest absolute Gasteiger partial charge is 0.407 e. The van der Waals surface area contributed by atoms with Crippen LogP contribution in [-0.4, -0.2) is 41.3 Å². The van der Waals surface area contributed by atoms with Crippen molar-refractivity contribution in [1.29, 1.82) is 0 Å². The maximum Gasteiger partial charge on any atom is 0.407 e. The predicted octanol–water partition coefficient (Wildman–Crippen LogP) is 1.47. The molecule has 5 nitrogen and oxygen atoms in total. The summed E-state index contributed by atoms with van der Waals surface area (Å²) >= 11 is 0. The zero-order chi connectivity index (χ0) is 11.3. The number of amides is 1. The monoisotopic (exact) mass is 215 g/mol. The second-order valence-corrected chi connectivity index (χ2v) is 3.62. The Hall–Kier alpha value is -1.26. The minimum absolute atomic E-state index is 0.00749. The van der Waals surface area contributed by atoms with Gasteiger partial charge in [0.1, 0.15) is 0 Å². The summed E-state index contributed by atoms with van der Waals surface area (Å²) in [5.41, 5.74) is 0. The van der Waals surface area contributed by atoms with Crippen molar-refractivity contribution in [1.82, 2.24) is 4.90 Å². The summed E-state index contributed by atoms with van der Waals surface area (Å²) in [6, 6.07) is -0.00749. The molecule has 1 fully saturated rings. The number of nitrogens with zero attached hydrogens (tertiary/aromatic N) is 1. The van der Waals surface area contributed by atoms with E-state index in [1.807, 2.05) is 0 Å². The van der Waals surface area contributed by atoms with Gasteiger partial charge in [0, 0.05) is 19.0 Å². The molecule has 5 heteroatoms. The van der Waals surface area contributed by atoms with E-state index in [1.54, 1.807) is 6.92 Å². The van der Waals surface area contributed by atoms with Gasteiger partial charge in [0.15, 0.2) is 0 Å². The van der Waals surface area contributed by atoms with Gasteiger partial charge < -0.3 is 14.7 Å². The van der Waals surface area contributed by atoms with E-state index < -0.39 is 6.09 Å². The molecule has 1 rings (SSSR count). The highest BCUT2D eigenvalue weighted by Crippen LogP contribution is 2.21. The summed E-state index contributed by atoms with van der Waals surface area (Å²) in [6.07, 6.45) is 1.74. The van der Waals surface area contributed by atoms with Crippen molar-refractivity contribution in [2.45, 2.75) is 38.6 Å². The lowest BCUT2D eigenvalue weighted by Crippen LogP contribution is -2.34. The first kappa shape index (κ1) is 11.8. The zero-order valence-corrected chi connectivity index (χ0v) is 8.94. The van der Waals surface area contributed by atoms with Crippen molar-refractivity contribution >= 4 is 12.1 Å². The van der Waals surface area contributed by atoms with E-state index in [0.717, 1.165) is 12.8 Å². The molecule has 1 N–H and O–H groups in total. The Kier molecular flexibility index (Phi) is 4.39. The van der Waals surface area contributed by atoms with E-state index in [-0.39, 0.29) is 12.0 Å². The van der Waals surface area contributed by atoms with Crippen molar-refractivity contribution in [2.75, 3.05) is 13.2 Å². The number of carboxylic acid groups (broad SMARTS) is 1. The van der Waals surface area contributed by atoms with Crippen molar-refractivity contribution in [2.24, 2.45) is 0 Å². The zero-order valence-electron chi connectivity index (χ0n) is 8.94. The molecule has 1 aliphatic rings. The summed E-state index contributed by atoms with van der Waals surface area (Å²) < 4.78 is 4.79. The minimum Gasteiger partial charge on any atom is -0.466 e. The fourth-order valence-corrected chi connectivity index (χ4v) is 1.91. The first-order chi connectivity index (χ1) is 7.15. The molecular formula is C10H17NO4. The molecule has 1 saturated heterocycles. The Morgan fingerprint density at radius 1 is 1.53 bits per heavy atom. The SMILES string of the molecule is CCOC(=O)CCC1CCCN1C(=O)O. The number of likely N-dealkylation sites (tertiary alicyclic amines) is 1. The summed E-state index contributed by atoms with van der Waals surface area (Å²) in [6.45, 7) is 2.73. The second kappa shape index (κ2) is 5.58. The number of ether oxygens (including phenoxy) is 1. The van der Waals surface area contributed by atoms with Crippen molar-refractivity contribution in [3.63, 3.8) is 0 Å². The molecule has 0 aromatic carbocycles. The van der Waals surface area contributed by atoms with Crippen LogP contribution in [0, 0.1) is 0 Å². The molecule has 15 heavy (non-hydrogen) atoms. The highest BCUT2D eigenvalue weighted by Gasteiger charge is 2.28. The van der Waals surface area contributed by atoms with Gasteiger partial charge in [0.05, 0.1) is 6.61 Å². The van der Waals surface area contributed by atoms with Crippen molar-refractivity contribution in [3.8, 4) is 0 Å². The molecule has 1 aliphatic heterocycles. The van der Waals surface area contributed by atoms with Gasteiger partial charge in [-0.25, -0.2) is 4.79 Å². The normalized spacial score (nSPS) is 20.3. The first-order valence-corrected chi connectivity index (χ1v) is 5.30. The van der Waals surface area contributed by atoms with Crippen LogP contribution in [0.25, 0.3) is 0 Å². The van der Waals surface area contributed by atoms with E-state index in [0.29, 0.717) is 26.0 Å². The number of carbonyl (C=O) groups is 2. The van der Waals surface area contributed by atoms with Gasteiger partial charge in [-0.3, -0.25) is 4.79 Å². The summed E-state index contributed by atoms with van der Waals surface area (Å²) in [7, 11) is 0. The van der Waals surface area contributed by atoms with Gasteiger partial charge in [-0.2, -0.15) is 0 Å². The van der Waals surface area contributed by atoms with Crippen LogP contribution in [-0.2, 0) is 9.53 Å². The Bertz CT molecular complexity index is 242. The molecule has 0 spiro atoms. The summed E-state index contributed by atoms with van der Waals surface area (Å²) in [4.78, 5) is 23.3. The van der Waals surface area contributed by atoms with E-state index in [9.17, 15) is 9.59 Å². The number of carbonyl (C=O) groups excluding carboxylic acids is 1. The Morgan fingerprint density at radius 3 is 2.87 bits per heavy atom. The maximum atomic E-state index is 11.1. The van der Waals surface area contributed by atoms with E-state index >= 15 is 0 Å². The quantitative estimate of drug-likeness (QED) is 0.721. The number of hydrogen-bond donors (Lipinski definition) is 1. The van der Waals surface area contributed by atoms with Crippen LogP contribution in [0.15, 0.2) is 0 Å². The summed E-state index contributed by atoms with van der Waals surface area (Å²) in [5, 5.41) is 8.86. The van der Waals surface area contributed by atoms with Crippen LogP contribution in [0.3, 0.4) is 0 Å². The van der Waals surface area contributed by atoms with Crippen LogP contribution in [0.4, 0.5) is 4.79 Å². The first-order valence-electron chi connectivity index (χ1n) is 5.30. The van der Waals surface area contributed by atoms with Gasteiger partial charge in [-0.05, 0) is 26.2 Å². The van der Waals surface area contributed by atoms with Crippen LogP contribution < -0.4 is 0 Å². The van der Waals surface area contributed by atoms with Crippen LogP contribution in [0.1, 0.15) is 32.6 Å². The molecule has 1 heterocycles. The molecule has 0 bridgehead atoms. The fraction of sp³-hybridized carbons (Fsp3) is 0.800. The van der Waals surface area contributed by atoms with E-state index in [2.05, 4.69) is 0 Å². The lowest BCUT2D eigenvalue weighted by atomic mass is 10.1. The number of rotatable bonds is 4. The molecule has 0 radical (unpaired) electrons. The third kappa shape index (κ3) is 3.42.